The second-order valence-corrected chi connectivity index (χ2v) is 6.82. The van der Waals surface area contributed by atoms with Crippen LogP contribution < -0.4 is 0 Å². The van der Waals surface area contributed by atoms with Crippen molar-refractivity contribution >= 4 is 5.97 Å². The Morgan fingerprint density at radius 3 is 2.42 bits per heavy atom. The van der Waals surface area contributed by atoms with Crippen molar-refractivity contribution in [3.05, 3.63) is 18.0 Å². The second-order valence-electron chi connectivity index (χ2n) is 6.82. The maximum absolute atomic E-state index is 10.8. The van der Waals surface area contributed by atoms with Gasteiger partial charge in [-0.2, -0.15) is 5.10 Å². The van der Waals surface area contributed by atoms with Crippen LogP contribution in [0, 0.1) is 23.7 Å². The van der Waals surface area contributed by atoms with E-state index in [-0.39, 0.29) is 6.42 Å². The van der Waals surface area contributed by atoms with Gasteiger partial charge in [0.15, 0.2) is 0 Å². The van der Waals surface area contributed by atoms with Crippen LogP contribution in [0.2, 0.25) is 0 Å². The molecule has 4 aliphatic carbocycles. The van der Waals surface area contributed by atoms with Crippen molar-refractivity contribution in [1.82, 2.24) is 9.78 Å². The fraction of sp³-hybridized carbons (Fsp3) is 0.733. The van der Waals surface area contributed by atoms with E-state index in [1.165, 1.54) is 32.1 Å². The van der Waals surface area contributed by atoms with E-state index in [2.05, 4.69) is 9.78 Å². The Bertz CT molecular complexity index is 480. The van der Waals surface area contributed by atoms with Gasteiger partial charge in [-0.3, -0.25) is 9.48 Å². The molecule has 0 atom stereocenters. The fourth-order valence-corrected chi connectivity index (χ4v) is 5.13. The highest BCUT2D eigenvalue weighted by Crippen LogP contribution is 2.58. The first-order chi connectivity index (χ1) is 9.19. The van der Waals surface area contributed by atoms with E-state index < -0.39 is 5.97 Å². The first kappa shape index (κ1) is 11.5. The molecule has 0 aromatic carbocycles. The Hall–Kier alpha value is -1.32. The third-order valence-corrected chi connectivity index (χ3v) is 5.49. The molecular weight excluding hydrogens is 240 g/mol. The fourth-order valence-electron chi connectivity index (χ4n) is 5.13. The van der Waals surface area contributed by atoms with Crippen molar-refractivity contribution < 1.29 is 9.90 Å². The predicted octanol–water partition coefficient (Wildman–Crippen LogP) is 2.51. The number of hydrogen-bond donors (Lipinski definition) is 1. The van der Waals surface area contributed by atoms with E-state index >= 15 is 0 Å². The summed E-state index contributed by atoms with van der Waals surface area (Å²) in [7, 11) is 0. The van der Waals surface area contributed by atoms with Gasteiger partial charge >= 0.3 is 5.97 Å². The van der Waals surface area contributed by atoms with E-state index in [4.69, 9.17) is 5.11 Å². The number of carboxylic acids is 1. The van der Waals surface area contributed by atoms with Crippen LogP contribution in [-0.4, -0.2) is 20.9 Å². The number of aliphatic carboxylic acids is 1. The maximum atomic E-state index is 10.8. The Balaban J connectivity index is 1.58. The van der Waals surface area contributed by atoms with Gasteiger partial charge in [0.25, 0.3) is 0 Å². The number of carboxylic acid groups (broad SMARTS) is 1. The molecule has 1 aromatic rings. The van der Waals surface area contributed by atoms with Crippen molar-refractivity contribution in [3.8, 4) is 0 Å². The lowest BCUT2D eigenvalue weighted by Gasteiger charge is -2.54. The standard InChI is InChI=1S/C15H20N2O2/c18-14(19)6-11-7-16-17(8-11)15-12-2-9-1-10(4-12)5-13(15)3-9/h7-10,12-13,15H,1-6H2,(H,18,19). The van der Waals surface area contributed by atoms with E-state index in [0.29, 0.717) is 6.04 Å². The molecule has 0 aliphatic heterocycles. The highest BCUT2D eigenvalue weighted by atomic mass is 16.4. The zero-order valence-electron chi connectivity index (χ0n) is 11.0. The molecule has 0 amide bonds. The number of hydrogen-bond acceptors (Lipinski definition) is 2. The van der Waals surface area contributed by atoms with Crippen LogP contribution in [0.4, 0.5) is 0 Å². The summed E-state index contributed by atoms with van der Waals surface area (Å²) in [5.74, 6) is 2.73. The highest BCUT2D eigenvalue weighted by molar-refractivity contribution is 5.69. The minimum Gasteiger partial charge on any atom is -0.481 e. The minimum atomic E-state index is -0.773. The van der Waals surface area contributed by atoms with Crippen molar-refractivity contribution in [2.24, 2.45) is 23.7 Å². The number of carbonyl (C=O) groups is 1. The Morgan fingerprint density at radius 1 is 1.21 bits per heavy atom. The first-order valence-electron chi connectivity index (χ1n) is 7.44. The van der Waals surface area contributed by atoms with Crippen LogP contribution in [0.15, 0.2) is 12.4 Å². The monoisotopic (exact) mass is 260 g/mol. The summed E-state index contributed by atoms with van der Waals surface area (Å²) in [6.07, 6.45) is 10.7. The van der Waals surface area contributed by atoms with Crippen LogP contribution in [0.5, 0.6) is 0 Å². The van der Waals surface area contributed by atoms with E-state index in [1.54, 1.807) is 6.20 Å². The molecule has 4 bridgehead atoms. The van der Waals surface area contributed by atoms with Gasteiger partial charge in [-0.1, -0.05) is 0 Å². The molecule has 5 rings (SSSR count). The van der Waals surface area contributed by atoms with Crippen LogP contribution in [0.25, 0.3) is 0 Å². The molecule has 1 N–H and O–H groups in total. The summed E-state index contributed by atoms with van der Waals surface area (Å²) in [6.45, 7) is 0. The zero-order chi connectivity index (χ0) is 13.0. The lowest BCUT2D eigenvalue weighted by Crippen LogP contribution is -2.46. The molecule has 0 spiro atoms. The third-order valence-electron chi connectivity index (χ3n) is 5.49. The molecule has 0 radical (unpaired) electrons. The summed E-state index contributed by atoms with van der Waals surface area (Å²) < 4.78 is 2.09. The zero-order valence-corrected chi connectivity index (χ0v) is 11.0. The molecule has 4 nitrogen and oxygen atoms in total. The van der Waals surface area contributed by atoms with Gasteiger partial charge in [0, 0.05) is 11.8 Å². The van der Waals surface area contributed by atoms with Crippen molar-refractivity contribution in [1.29, 1.82) is 0 Å². The number of nitrogens with zero attached hydrogens (tertiary/aromatic N) is 2. The normalized spacial score (nSPS) is 39.7. The van der Waals surface area contributed by atoms with Crippen molar-refractivity contribution in [2.45, 2.75) is 44.6 Å². The van der Waals surface area contributed by atoms with Crippen LogP contribution >= 0.6 is 0 Å². The molecule has 19 heavy (non-hydrogen) atoms. The second kappa shape index (κ2) is 4.09. The Kier molecular flexibility index (Phi) is 2.47. The summed E-state index contributed by atoms with van der Waals surface area (Å²) >= 11 is 0. The maximum Gasteiger partial charge on any atom is 0.307 e. The molecule has 4 fully saturated rings. The number of aromatic nitrogens is 2. The van der Waals surface area contributed by atoms with Crippen LogP contribution in [-0.2, 0) is 11.2 Å². The molecule has 1 heterocycles. The molecule has 4 heteroatoms. The molecule has 102 valence electrons. The summed E-state index contributed by atoms with van der Waals surface area (Å²) in [5.41, 5.74) is 0.835. The Morgan fingerprint density at radius 2 is 1.84 bits per heavy atom. The topological polar surface area (TPSA) is 55.1 Å². The first-order valence-corrected chi connectivity index (χ1v) is 7.44. The lowest BCUT2D eigenvalue weighted by atomic mass is 9.54. The van der Waals surface area contributed by atoms with E-state index in [9.17, 15) is 4.79 Å². The largest absolute Gasteiger partial charge is 0.481 e. The quantitative estimate of drug-likeness (QED) is 0.908. The SMILES string of the molecule is O=C(O)Cc1cnn(C2C3CC4CC(C3)CC2C4)c1. The van der Waals surface area contributed by atoms with Crippen LogP contribution in [0.1, 0.15) is 43.7 Å². The van der Waals surface area contributed by atoms with Crippen LogP contribution in [0.3, 0.4) is 0 Å². The molecule has 4 aliphatic rings. The molecule has 4 saturated carbocycles. The third kappa shape index (κ3) is 1.88. The molecule has 0 unspecified atom stereocenters. The minimum absolute atomic E-state index is 0.0906. The average molecular weight is 260 g/mol. The summed E-state index contributed by atoms with van der Waals surface area (Å²) in [6, 6.07) is 0.537. The average Bonchev–Trinajstić information content (AvgIpc) is 2.75. The summed E-state index contributed by atoms with van der Waals surface area (Å²) in [5, 5.41) is 13.3. The molecule has 0 saturated heterocycles. The van der Waals surface area contributed by atoms with Gasteiger partial charge in [0.05, 0.1) is 18.7 Å². The smallest absolute Gasteiger partial charge is 0.307 e. The Labute approximate surface area is 112 Å². The molecular formula is C15H20N2O2. The van der Waals surface area contributed by atoms with Gasteiger partial charge in [0.2, 0.25) is 0 Å². The highest BCUT2D eigenvalue weighted by Gasteiger charge is 2.49. The van der Waals surface area contributed by atoms with Gasteiger partial charge in [-0.15, -0.1) is 0 Å². The molecule has 1 aromatic heterocycles. The van der Waals surface area contributed by atoms with Gasteiger partial charge < -0.3 is 5.11 Å². The summed E-state index contributed by atoms with van der Waals surface area (Å²) in [4.78, 5) is 10.8. The van der Waals surface area contributed by atoms with E-state index in [1.807, 2.05) is 6.20 Å². The number of rotatable bonds is 3. The lowest BCUT2D eigenvalue weighted by molar-refractivity contribution is -0.136. The van der Waals surface area contributed by atoms with Crippen molar-refractivity contribution in [2.75, 3.05) is 0 Å². The predicted molar refractivity (Wildman–Crippen MR) is 69.6 cm³/mol. The van der Waals surface area contributed by atoms with Gasteiger partial charge in [-0.05, 0) is 55.8 Å². The van der Waals surface area contributed by atoms with Gasteiger partial charge in [0.1, 0.15) is 0 Å². The van der Waals surface area contributed by atoms with E-state index in [0.717, 1.165) is 29.2 Å². The van der Waals surface area contributed by atoms with Gasteiger partial charge in [-0.25, -0.2) is 0 Å². The van der Waals surface area contributed by atoms with Crippen molar-refractivity contribution in [3.63, 3.8) is 0 Å².